The van der Waals surface area contributed by atoms with Gasteiger partial charge in [-0.2, -0.15) is 0 Å². The van der Waals surface area contributed by atoms with Crippen LogP contribution in [0.15, 0.2) is 61.2 Å². The fraction of sp³-hybridized carbons (Fsp3) is 0.263. The van der Waals surface area contributed by atoms with Gasteiger partial charge < -0.3 is 19.8 Å². The Morgan fingerprint density at radius 2 is 2.08 bits per heavy atom. The number of hydrogen-bond acceptors (Lipinski definition) is 2. The normalized spacial score (nSPS) is 17.4. The lowest BCUT2D eigenvalue weighted by atomic mass is 10.0. The second-order valence-electron chi connectivity index (χ2n) is 6.25. The summed E-state index contributed by atoms with van der Waals surface area (Å²) in [6.07, 6.45) is 10.6. The Balaban J connectivity index is 1.52. The number of nitrogens with one attached hydrogen (secondary N) is 2. The zero-order valence-corrected chi connectivity index (χ0v) is 13.9. The van der Waals surface area contributed by atoms with E-state index in [4.69, 9.17) is 0 Å². The van der Waals surface area contributed by atoms with Gasteiger partial charge in [-0.1, -0.05) is 6.07 Å². The van der Waals surface area contributed by atoms with Crippen molar-refractivity contribution >= 4 is 11.7 Å². The Bertz CT molecular complexity index is 825. The molecule has 6 nitrogen and oxygen atoms in total. The van der Waals surface area contributed by atoms with Crippen LogP contribution < -0.4 is 5.32 Å². The van der Waals surface area contributed by atoms with Gasteiger partial charge in [-0.05, 0) is 49.6 Å². The van der Waals surface area contributed by atoms with Gasteiger partial charge in [0.25, 0.3) is 0 Å². The number of carbonyl (C=O) groups excluding carboxylic acids is 1. The molecule has 1 saturated heterocycles. The number of anilines is 1. The number of aromatic nitrogens is 3. The maximum atomic E-state index is 12.8. The van der Waals surface area contributed by atoms with E-state index in [0.29, 0.717) is 0 Å². The number of urea groups is 1. The molecule has 1 aliphatic rings. The smallest absolute Gasteiger partial charge is 0.322 e. The molecule has 4 rings (SSSR count). The van der Waals surface area contributed by atoms with Crippen LogP contribution in [0.25, 0.3) is 5.69 Å². The Labute approximate surface area is 146 Å². The van der Waals surface area contributed by atoms with E-state index in [2.05, 4.69) is 15.3 Å². The number of carbonyl (C=O) groups is 1. The quantitative estimate of drug-likeness (QED) is 0.761. The Hall–Kier alpha value is -3.02. The first-order valence-corrected chi connectivity index (χ1v) is 8.61. The molecule has 0 saturated carbocycles. The predicted molar refractivity (Wildman–Crippen MR) is 96.7 cm³/mol. The van der Waals surface area contributed by atoms with Gasteiger partial charge in [0.15, 0.2) is 0 Å². The van der Waals surface area contributed by atoms with E-state index >= 15 is 0 Å². The SMILES string of the molecule is O=C(Nc1cccc(-n2cccc2)c1)N1CCCC[C@@H]1c1ncc[nH]1. The minimum absolute atomic E-state index is 0.0105. The Morgan fingerprint density at radius 3 is 2.88 bits per heavy atom. The average Bonchev–Trinajstić information content (AvgIpc) is 3.36. The van der Waals surface area contributed by atoms with Crippen molar-refractivity contribution in [3.8, 4) is 5.69 Å². The zero-order valence-electron chi connectivity index (χ0n) is 13.9. The molecule has 1 atom stereocenters. The van der Waals surface area contributed by atoms with Crippen molar-refractivity contribution in [2.75, 3.05) is 11.9 Å². The molecule has 1 aromatic carbocycles. The van der Waals surface area contributed by atoms with Crippen LogP contribution in [-0.2, 0) is 0 Å². The number of rotatable bonds is 3. The van der Waals surface area contributed by atoms with Gasteiger partial charge in [-0.3, -0.25) is 0 Å². The molecule has 2 amide bonds. The molecule has 1 aliphatic heterocycles. The Morgan fingerprint density at radius 1 is 1.20 bits per heavy atom. The molecule has 0 aliphatic carbocycles. The van der Waals surface area contributed by atoms with Crippen LogP contribution in [-0.4, -0.2) is 32.0 Å². The summed E-state index contributed by atoms with van der Waals surface area (Å²) in [6.45, 7) is 0.745. The second kappa shape index (κ2) is 6.84. The lowest BCUT2D eigenvalue weighted by Gasteiger charge is -2.34. The van der Waals surface area contributed by atoms with E-state index < -0.39 is 0 Å². The van der Waals surface area contributed by atoms with Gasteiger partial charge in [0, 0.05) is 42.7 Å². The third-order valence-corrected chi connectivity index (χ3v) is 4.60. The highest BCUT2D eigenvalue weighted by Crippen LogP contribution is 2.29. The number of H-pyrrole nitrogens is 1. The summed E-state index contributed by atoms with van der Waals surface area (Å²) in [6, 6.07) is 11.7. The van der Waals surface area contributed by atoms with Crippen molar-refractivity contribution in [2.45, 2.75) is 25.3 Å². The third kappa shape index (κ3) is 3.28. The lowest BCUT2D eigenvalue weighted by Crippen LogP contribution is -2.41. The van der Waals surface area contributed by atoms with E-state index in [0.717, 1.165) is 43.0 Å². The number of imidazole rings is 1. The minimum atomic E-state index is -0.0780. The zero-order chi connectivity index (χ0) is 17.1. The number of amides is 2. The maximum absolute atomic E-state index is 12.8. The molecule has 6 heteroatoms. The van der Waals surface area contributed by atoms with Gasteiger partial charge in [0.1, 0.15) is 5.82 Å². The summed E-state index contributed by atoms with van der Waals surface area (Å²) in [7, 11) is 0. The predicted octanol–water partition coefficient (Wildman–Crippen LogP) is 3.96. The molecule has 128 valence electrons. The number of likely N-dealkylation sites (tertiary alicyclic amines) is 1. The summed E-state index contributed by atoms with van der Waals surface area (Å²) < 4.78 is 2.02. The molecule has 25 heavy (non-hydrogen) atoms. The van der Waals surface area contributed by atoms with E-state index in [1.807, 2.05) is 58.3 Å². The van der Waals surface area contributed by atoms with Crippen LogP contribution >= 0.6 is 0 Å². The standard InChI is InChI=1S/C19H21N5O/c25-19(24-13-2-1-8-17(24)18-20-9-10-21-18)22-15-6-5-7-16(14-15)23-11-3-4-12-23/h3-7,9-12,14,17H,1-2,8,13H2,(H,20,21)(H,22,25)/t17-/m1/s1. The van der Waals surface area contributed by atoms with Crippen molar-refractivity contribution in [1.29, 1.82) is 0 Å². The third-order valence-electron chi connectivity index (χ3n) is 4.60. The van der Waals surface area contributed by atoms with Crippen LogP contribution in [0.1, 0.15) is 31.1 Å². The minimum Gasteiger partial charge on any atom is -0.347 e. The molecule has 0 unspecified atom stereocenters. The summed E-state index contributed by atoms with van der Waals surface area (Å²) in [5.41, 5.74) is 1.81. The number of benzene rings is 1. The van der Waals surface area contributed by atoms with Gasteiger partial charge in [0.05, 0.1) is 6.04 Å². The van der Waals surface area contributed by atoms with Crippen molar-refractivity contribution < 1.29 is 4.79 Å². The summed E-state index contributed by atoms with van der Waals surface area (Å²) in [4.78, 5) is 22.2. The van der Waals surface area contributed by atoms with Crippen LogP contribution in [0.5, 0.6) is 0 Å². The first kappa shape index (κ1) is 15.5. The molecule has 0 radical (unpaired) electrons. The summed E-state index contributed by atoms with van der Waals surface area (Å²) in [5, 5.41) is 3.04. The monoisotopic (exact) mass is 335 g/mol. The molecule has 2 aromatic heterocycles. The average molecular weight is 335 g/mol. The number of aromatic amines is 1. The van der Waals surface area contributed by atoms with Gasteiger partial charge in [-0.15, -0.1) is 0 Å². The van der Waals surface area contributed by atoms with Crippen LogP contribution in [0.4, 0.5) is 10.5 Å². The molecule has 2 N–H and O–H groups in total. The van der Waals surface area contributed by atoms with Crippen molar-refractivity contribution in [1.82, 2.24) is 19.4 Å². The highest BCUT2D eigenvalue weighted by atomic mass is 16.2. The number of piperidine rings is 1. The number of nitrogens with zero attached hydrogens (tertiary/aromatic N) is 3. The fourth-order valence-corrected chi connectivity index (χ4v) is 3.36. The molecule has 3 aromatic rings. The van der Waals surface area contributed by atoms with Crippen molar-refractivity contribution in [3.05, 3.63) is 67.0 Å². The first-order valence-electron chi connectivity index (χ1n) is 8.61. The van der Waals surface area contributed by atoms with Crippen LogP contribution in [0.3, 0.4) is 0 Å². The fourth-order valence-electron chi connectivity index (χ4n) is 3.36. The second-order valence-corrected chi connectivity index (χ2v) is 6.25. The number of hydrogen-bond donors (Lipinski definition) is 2. The largest absolute Gasteiger partial charge is 0.347 e. The molecular formula is C19H21N5O. The van der Waals surface area contributed by atoms with Crippen LogP contribution in [0.2, 0.25) is 0 Å². The summed E-state index contributed by atoms with van der Waals surface area (Å²) >= 11 is 0. The van der Waals surface area contributed by atoms with E-state index in [1.165, 1.54) is 0 Å². The topological polar surface area (TPSA) is 66.0 Å². The van der Waals surface area contributed by atoms with Gasteiger partial charge in [-0.25, -0.2) is 9.78 Å². The van der Waals surface area contributed by atoms with Gasteiger partial charge in [0.2, 0.25) is 0 Å². The lowest BCUT2D eigenvalue weighted by molar-refractivity contribution is 0.160. The Kier molecular flexibility index (Phi) is 4.24. The van der Waals surface area contributed by atoms with Gasteiger partial charge >= 0.3 is 6.03 Å². The van der Waals surface area contributed by atoms with E-state index in [9.17, 15) is 4.79 Å². The molecule has 0 spiro atoms. The highest BCUT2D eigenvalue weighted by Gasteiger charge is 2.29. The molecular weight excluding hydrogens is 314 g/mol. The molecule has 0 bridgehead atoms. The highest BCUT2D eigenvalue weighted by molar-refractivity contribution is 5.90. The van der Waals surface area contributed by atoms with Crippen LogP contribution in [0, 0.1) is 0 Å². The first-order chi connectivity index (χ1) is 12.3. The van der Waals surface area contributed by atoms with Crippen molar-refractivity contribution in [3.63, 3.8) is 0 Å². The van der Waals surface area contributed by atoms with E-state index in [-0.39, 0.29) is 12.1 Å². The van der Waals surface area contributed by atoms with Crippen molar-refractivity contribution in [2.24, 2.45) is 0 Å². The molecule has 1 fully saturated rings. The maximum Gasteiger partial charge on any atom is 0.322 e. The molecule has 3 heterocycles. The van der Waals surface area contributed by atoms with E-state index in [1.54, 1.807) is 12.4 Å². The summed E-state index contributed by atoms with van der Waals surface area (Å²) in [5.74, 6) is 0.857.